The van der Waals surface area contributed by atoms with Crippen LogP contribution in [-0.4, -0.2) is 46.2 Å². The van der Waals surface area contributed by atoms with Crippen LogP contribution in [0, 0.1) is 5.92 Å². The molecule has 0 bridgehead atoms. The van der Waals surface area contributed by atoms with Crippen LogP contribution in [0.4, 0.5) is 18.9 Å². The highest BCUT2D eigenvalue weighted by atomic mass is 19.4. The lowest BCUT2D eigenvalue weighted by Crippen LogP contribution is -2.30. The van der Waals surface area contributed by atoms with Gasteiger partial charge >= 0.3 is 12.1 Å². The molecule has 3 aromatic rings. The van der Waals surface area contributed by atoms with Gasteiger partial charge in [0.15, 0.2) is 5.78 Å². The maximum Gasteiger partial charge on any atom is 0.490 e. The Morgan fingerprint density at radius 3 is 2.47 bits per heavy atom. The van der Waals surface area contributed by atoms with Crippen molar-refractivity contribution >= 4 is 23.3 Å². The SMILES string of the molecule is COc1cc(NC(=O)C2CC(=O)c3ccccc3C2)ccc1-c1cn[nH]c1.O=C(O)C(F)(F)F. The second-order valence-electron chi connectivity index (χ2n) is 7.38. The normalized spacial score (nSPS) is 14.9. The molecule has 34 heavy (non-hydrogen) atoms. The molecule has 2 aromatic carbocycles. The van der Waals surface area contributed by atoms with E-state index in [1.165, 1.54) is 0 Å². The van der Waals surface area contributed by atoms with Gasteiger partial charge in [0, 0.05) is 47.0 Å². The zero-order valence-electron chi connectivity index (χ0n) is 17.8. The summed E-state index contributed by atoms with van der Waals surface area (Å²) in [7, 11) is 1.58. The quantitative estimate of drug-likeness (QED) is 0.522. The second-order valence-corrected chi connectivity index (χ2v) is 7.38. The fourth-order valence-electron chi connectivity index (χ4n) is 3.48. The highest BCUT2D eigenvalue weighted by Gasteiger charge is 2.38. The Labute approximate surface area is 191 Å². The smallest absolute Gasteiger partial charge is 0.490 e. The topological polar surface area (TPSA) is 121 Å². The van der Waals surface area contributed by atoms with Gasteiger partial charge in [-0.25, -0.2) is 4.79 Å². The number of carboxylic acids is 1. The van der Waals surface area contributed by atoms with Crippen LogP contribution in [0.1, 0.15) is 22.3 Å². The standard InChI is InChI=1S/C21H19N3O3.C2HF3O2/c1-27-20-10-16(6-7-18(20)15-11-22-23-12-15)24-21(26)14-8-13-4-2-3-5-17(13)19(25)9-14;3-2(4,5)1(6)7/h2-7,10-12,14H,8-9H2,1H3,(H,22,23)(H,24,26);(H,6,7). The number of aromatic amines is 1. The first kappa shape index (κ1) is 24.5. The zero-order chi connectivity index (χ0) is 24.9. The van der Waals surface area contributed by atoms with Gasteiger partial charge in [-0.3, -0.25) is 14.7 Å². The number of nitrogens with one attached hydrogen (secondary N) is 2. The number of Topliss-reactive ketones (excluding diaryl/α,β-unsaturated/α-hetero) is 1. The van der Waals surface area contributed by atoms with Crippen LogP contribution in [0.2, 0.25) is 0 Å². The maximum absolute atomic E-state index is 12.7. The number of fused-ring (bicyclic) bond motifs is 1. The monoisotopic (exact) mass is 475 g/mol. The molecule has 4 rings (SSSR count). The number of nitrogens with zero attached hydrogens (tertiary/aromatic N) is 1. The third-order valence-corrected chi connectivity index (χ3v) is 5.11. The minimum absolute atomic E-state index is 0.0184. The van der Waals surface area contributed by atoms with Gasteiger partial charge in [-0.05, 0) is 24.1 Å². The van der Waals surface area contributed by atoms with E-state index < -0.39 is 12.1 Å². The lowest BCUT2D eigenvalue weighted by atomic mass is 9.82. The molecule has 1 heterocycles. The lowest BCUT2D eigenvalue weighted by Gasteiger charge is -2.23. The molecule has 8 nitrogen and oxygen atoms in total. The van der Waals surface area contributed by atoms with Crippen molar-refractivity contribution in [1.82, 2.24) is 10.2 Å². The van der Waals surface area contributed by atoms with E-state index in [0.29, 0.717) is 17.9 Å². The fraction of sp³-hybridized carbons (Fsp3) is 0.217. The Kier molecular flexibility index (Phi) is 7.34. The van der Waals surface area contributed by atoms with Gasteiger partial charge in [0.25, 0.3) is 0 Å². The van der Waals surface area contributed by atoms with Crippen LogP contribution in [0.25, 0.3) is 11.1 Å². The van der Waals surface area contributed by atoms with E-state index in [2.05, 4.69) is 15.5 Å². The summed E-state index contributed by atoms with van der Waals surface area (Å²) in [6.45, 7) is 0. The highest BCUT2D eigenvalue weighted by Crippen LogP contribution is 2.32. The minimum atomic E-state index is -5.08. The molecule has 3 N–H and O–H groups in total. The number of aromatic nitrogens is 2. The third-order valence-electron chi connectivity index (χ3n) is 5.11. The highest BCUT2D eigenvalue weighted by molar-refractivity contribution is 6.04. The number of carboxylic acid groups (broad SMARTS) is 1. The molecule has 1 atom stereocenters. The minimum Gasteiger partial charge on any atom is -0.496 e. The Bertz CT molecular complexity index is 1190. The summed E-state index contributed by atoms with van der Waals surface area (Å²) in [5.74, 6) is -2.63. The molecule has 0 aliphatic heterocycles. The average molecular weight is 475 g/mol. The van der Waals surface area contributed by atoms with Crippen molar-refractivity contribution in [3.63, 3.8) is 0 Å². The van der Waals surface area contributed by atoms with E-state index in [1.54, 1.807) is 25.6 Å². The molecular formula is C23H20F3N3O5. The van der Waals surface area contributed by atoms with Crippen molar-refractivity contribution in [1.29, 1.82) is 0 Å². The van der Waals surface area contributed by atoms with E-state index in [9.17, 15) is 22.8 Å². The number of aliphatic carboxylic acids is 1. The number of methoxy groups -OCH3 is 1. The molecule has 1 unspecified atom stereocenters. The van der Waals surface area contributed by atoms with E-state index in [1.807, 2.05) is 36.4 Å². The predicted molar refractivity (Wildman–Crippen MR) is 115 cm³/mol. The summed E-state index contributed by atoms with van der Waals surface area (Å²) >= 11 is 0. The molecule has 11 heteroatoms. The van der Waals surface area contributed by atoms with Crippen molar-refractivity contribution in [2.45, 2.75) is 19.0 Å². The van der Waals surface area contributed by atoms with E-state index in [4.69, 9.17) is 14.6 Å². The van der Waals surface area contributed by atoms with Crippen LogP contribution in [0.3, 0.4) is 0 Å². The van der Waals surface area contributed by atoms with Gasteiger partial charge < -0.3 is 15.2 Å². The van der Waals surface area contributed by atoms with Gasteiger partial charge in [-0.15, -0.1) is 0 Å². The Morgan fingerprint density at radius 2 is 1.85 bits per heavy atom. The van der Waals surface area contributed by atoms with Crippen molar-refractivity contribution in [3.05, 3.63) is 66.0 Å². The first-order chi connectivity index (χ1) is 16.1. The number of amides is 1. The largest absolute Gasteiger partial charge is 0.496 e. The Hall–Kier alpha value is -4.15. The van der Waals surface area contributed by atoms with Crippen molar-refractivity contribution in [3.8, 4) is 16.9 Å². The molecule has 0 radical (unpaired) electrons. The number of ketones is 1. The number of halogens is 3. The number of H-pyrrole nitrogens is 1. The summed E-state index contributed by atoms with van der Waals surface area (Å²) in [6.07, 6.45) is -0.798. The van der Waals surface area contributed by atoms with Crippen molar-refractivity contribution < 1.29 is 37.4 Å². The van der Waals surface area contributed by atoms with Crippen molar-refractivity contribution in [2.75, 3.05) is 12.4 Å². The number of benzene rings is 2. The van der Waals surface area contributed by atoms with Gasteiger partial charge in [-0.2, -0.15) is 18.3 Å². The number of ether oxygens (including phenoxy) is 1. The number of alkyl halides is 3. The molecule has 1 aliphatic rings. The molecule has 0 saturated carbocycles. The molecule has 178 valence electrons. The average Bonchev–Trinajstić information content (AvgIpc) is 3.33. The Morgan fingerprint density at radius 1 is 1.15 bits per heavy atom. The van der Waals surface area contributed by atoms with E-state index in [-0.39, 0.29) is 24.0 Å². The summed E-state index contributed by atoms with van der Waals surface area (Å²) in [5.41, 5.74) is 4.08. The van der Waals surface area contributed by atoms with Gasteiger partial charge in [-0.1, -0.05) is 24.3 Å². The van der Waals surface area contributed by atoms with Crippen LogP contribution >= 0.6 is 0 Å². The molecule has 1 aliphatic carbocycles. The van der Waals surface area contributed by atoms with Crippen LogP contribution in [-0.2, 0) is 16.0 Å². The van der Waals surface area contributed by atoms with Crippen LogP contribution in [0.15, 0.2) is 54.9 Å². The number of rotatable bonds is 4. The van der Waals surface area contributed by atoms with Gasteiger partial charge in [0.05, 0.1) is 13.3 Å². The molecule has 1 aromatic heterocycles. The zero-order valence-corrected chi connectivity index (χ0v) is 17.8. The number of carbonyl (C=O) groups is 3. The fourth-order valence-corrected chi connectivity index (χ4v) is 3.48. The maximum atomic E-state index is 12.7. The first-order valence-corrected chi connectivity index (χ1v) is 9.99. The number of carbonyl (C=O) groups excluding carboxylic acids is 2. The van der Waals surface area contributed by atoms with Gasteiger partial charge in [0.1, 0.15) is 5.75 Å². The third kappa shape index (κ3) is 5.80. The first-order valence-electron chi connectivity index (χ1n) is 9.99. The molecule has 0 spiro atoms. The van der Waals surface area contributed by atoms with Crippen LogP contribution < -0.4 is 10.1 Å². The van der Waals surface area contributed by atoms with Gasteiger partial charge in [0.2, 0.25) is 5.91 Å². The predicted octanol–water partition coefficient (Wildman–Crippen LogP) is 4.10. The summed E-state index contributed by atoms with van der Waals surface area (Å²) in [4.78, 5) is 33.9. The molecule has 0 saturated heterocycles. The number of hydrogen-bond donors (Lipinski definition) is 3. The van der Waals surface area contributed by atoms with E-state index >= 15 is 0 Å². The second kappa shape index (κ2) is 10.2. The Balaban J connectivity index is 0.000000406. The summed E-state index contributed by atoms with van der Waals surface area (Å²) in [5, 5.41) is 16.8. The molecule has 0 fully saturated rings. The molecular weight excluding hydrogens is 455 g/mol. The van der Waals surface area contributed by atoms with E-state index in [0.717, 1.165) is 22.3 Å². The van der Waals surface area contributed by atoms with Crippen LogP contribution in [0.5, 0.6) is 5.75 Å². The van der Waals surface area contributed by atoms with Crippen molar-refractivity contribution in [2.24, 2.45) is 5.92 Å². The molecule has 1 amide bonds. The lowest BCUT2D eigenvalue weighted by molar-refractivity contribution is -0.192. The summed E-state index contributed by atoms with van der Waals surface area (Å²) in [6, 6.07) is 13.0. The summed E-state index contributed by atoms with van der Waals surface area (Å²) < 4.78 is 37.2. The number of hydrogen-bond acceptors (Lipinski definition) is 5. The number of anilines is 1.